The predicted octanol–water partition coefficient (Wildman–Crippen LogP) is 3.22. The molecule has 0 radical (unpaired) electrons. The highest BCUT2D eigenvalue weighted by Crippen LogP contribution is 2.39. The Kier molecular flexibility index (Phi) is 4.13. The van der Waals surface area contributed by atoms with Crippen molar-refractivity contribution in [3.8, 4) is 0 Å². The molecular weight excluding hydrogens is 268 g/mol. The van der Waals surface area contributed by atoms with Crippen LogP contribution in [0, 0.1) is 0 Å². The van der Waals surface area contributed by atoms with E-state index in [4.69, 9.17) is 4.74 Å². The van der Waals surface area contributed by atoms with Crippen molar-refractivity contribution in [2.45, 2.75) is 30.9 Å². The first kappa shape index (κ1) is 14.1. The van der Waals surface area contributed by atoms with Crippen LogP contribution in [0.15, 0.2) is 24.3 Å². The standard InChI is InChI=1S/C16H24N2OS/c1-18(2)15-5-3-13(4-6-15)17-14-7-9-19-16(11-14)8-10-20-12-16/h3-6,14,17H,7-12H2,1-2H3. The van der Waals surface area contributed by atoms with Crippen LogP contribution in [-0.2, 0) is 4.74 Å². The van der Waals surface area contributed by atoms with Crippen LogP contribution in [0.5, 0.6) is 0 Å². The molecule has 3 rings (SSSR count). The maximum Gasteiger partial charge on any atom is 0.0799 e. The Morgan fingerprint density at radius 2 is 2.10 bits per heavy atom. The zero-order chi connectivity index (χ0) is 14.0. The fraction of sp³-hybridized carbons (Fsp3) is 0.625. The quantitative estimate of drug-likeness (QED) is 0.924. The molecule has 1 aromatic carbocycles. The highest BCUT2D eigenvalue weighted by Gasteiger charge is 2.40. The third-order valence-corrected chi connectivity index (χ3v) is 5.54. The van der Waals surface area contributed by atoms with E-state index in [-0.39, 0.29) is 5.60 Å². The van der Waals surface area contributed by atoms with Gasteiger partial charge in [-0.15, -0.1) is 0 Å². The van der Waals surface area contributed by atoms with E-state index in [0.717, 1.165) is 19.4 Å². The first-order chi connectivity index (χ1) is 9.67. The van der Waals surface area contributed by atoms with E-state index in [0.29, 0.717) is 6.04 Å². The number of hydrogen-bond acceptors (Lipinski definition) is 4. The van der Waals surface area contributed by atoms with E-state index in [1.807, 2.05) is 11.8 Å². The maximum atomic E-state index is 6.08. The summed E-state index contributed by atoms with van der Waals surface area (Å²) < 4.78 is 6.08. The number of hydrogen-bond donors (Lipinski definition) is 1. The van der Waals surface area contributed by atoms with Crippen molar-refractivity contribution in [3.63, 3.8) is 0 Å². The lowest BCUT2D eigenvalue weighted by molar-refractivity contribution is -0.0628. The van der Waals surface area contributed by atoms with Crippen molar-refractivity contribution in [2.24, 2.45) is 0 Å². The van der Waals surface area contributed by atoms with Gasteiger partial charge in [-0.1, -0.05) is 0 Å². The Labute approximate surface area is 126 Å². The van der Waals surface area contributed by atoms with Crippen molar-refractivity contribution < 1.29 is 4.74 Å². The Morgan fingerprint density at radius 3 is 2.75 bits per heavy atom. The van der Waals surface area contributed by atoms with Crippen LogP contribution in [0.2, 0.25) is 0 Å². The van der Waals surface area contributed by atoms with E-state index in [9.17, 15) is 0 Å². The minimum absolute atomic E-state index is 0.157. The molecule has 1 aromatic rings. The van der Waals surface area contributed by atoms with Crippen molar-refractivity contribution in [2.75, 3.05) is 42.4 Å². The van der Waals surface area contributed by atoms with E-state index in [2.05, 4.69) is 48.6 Å². The van der Waals surface area contributed by atoms with Gasteiger partial charge in [-0.2, -0.15) is 11.8 Å². The van der Waals surface area contributed by atoms with Gasteiger partial charge < -0.3 is 15.0 Å². The molecule has 0 aromatic heterocycles. The summed E-state index contributed by atoms with van der Waals surface area (Å²) in [4.78, 5) is 2.13. The van der Waals surface area contributed by atoms with Crippen molar-refractivity contribution >= 4 is 23.1 Å². The molecule has 2 heterocycles. The molecule has 1 N–H and O–H groups in total. The lowest BCUT2D eigenvalue weighted by Gasteiger charge is -2.38. The molecule has 2 aliphatic rings. The first-order valence-electron chi connectivity index (χ1n) is 7.43. The first-order valence-corrected chi connectivity index (χ1v) is 8.58. The molecule has 2 saturated heterocycles. The Bertz CT molecular complexity index is 440. The van der Waals surface area contributed by atoms with Crippen LogP contribution in [-0.4, -0.2) is 43.9 Å². The number of nitrogens with one attached hydrogen (secondary N) is 1. The Hall–Kier alpha value is -0.870. The van der Waals surface area contributed by atoms with Crippen LogP contribution in [0.4, 0.5) is 11.4 Å². The van der Waals surface area contributed by atoms with Crippen LogP contribution >= 0.6 is 11.8 Å². The van der Waals surface area contributed by atoms with E-state index in [1.165, 1.54) is 29.3 Å². The molecule has 110 valence electrons. The van der Waals surface area contributed by atoms with Crippen LogP contribution < -0.4 is 10.2 Å². The van der Waals surface area contributed by atoms with Crippen LogP contribution in [0.25, 0.3) is 0 Å². The molecule has 3 nitrogen and oxygen atoms in total. The van der Waals surface area contributed by atoms with Gasteiger partial charge in [0, 0.05) is 43.9 Å². The Balaban J connectivity index is 1.62. The molecule has 4 heteroatoms. The number of nitrogens with zero attached hydrogens (tertiary/aromatic N) is 1. The van der Waals surface area contributed by atoms with Crippen molar-refractivity contribution in [3.05, 3.63) is 24.3 Å². The summed E-state index contributed by atoms with van der Waals surface area (Å²) in [6.07, 6.45) is 3.48. The zero-order valence-electron chi connectivity index (χ0n) is 12.4. The minimum atomic E-state index is 0.157. The summed E-state index contributed by atoms with van der Waals surface area (Å²) in [5.74, 6) is 2.43. The molecule has 0 bridgehead atoms. The SMILES string of the molecule is CN(C)c1ccc(NC2CCOC3(CCSC3)C2)cc1. The third-order valence-electron chi connectivity index (χ3n) is 4.31. The number of ether oxygens (including phenoxy) is 1. The predicted molar refractivity (Wildman–Crippen MR) is 88.0 cm³/mol. The lowest BCUT2D eigenvalue weighted by Crippen LogP contribution is -2.44. The molecule has 1 spiro atoms. The normalized spacial score (nSPS) is 29.6. The summed E-state index contributed by atoms with van der Waals surface area (Å²) in [6.45, 7) is 0.897. The topological polar surface area (TPSA) is 24.5 Å². The fourth-order valence-corrected chi connectivity index (χ4v) is 4.48. The second-order valence-electron chi connectivity index (χ2n) is 6.11. The monoisotopic (exact) mass is 292 g/mol. The summed E-state index contributed by atoms with van der Waals surface area (Å²) in [6, 6.07) is 9.25. The van der Waals surface area contributed by atoms with Gasteiger partial charge in [-0.25, -0.2) is 0 Å². The van der Waals surface area contributed by atoms with Gasteiger partial charge in [-0.3, -0.25) is 0 Å². The third kappa shape index (κ3) is 3.07. The molecule has 20 heavy (non-hydrogen) atoms. The maximum absolute atomic E-state index is 6.08. The van der Waals surface area contributed by atoms with Gasteiger partial charge >= 0.3 is 0 Å². The van der Waals surface area contributed by atoms with Crippen LogP contribution in [0.3, 0.4) is 0 Å². The minimum Gasteiger partial charge on any atom is -0.382 e. The van der Waals surface area contributed by atoms with Crippen molar-refractivity contribution in [1.29, 1.82) is 0 Å². The average molecular weight is 292 g/mol. The smallest absolute Gasteiger partial charge is 0.0799 e. The number of rotatable bonds is 3. The molecule has 2 atom stereocenters. The van der Waals surface area contributed by atoms with E-state index >= 15 is 0 Å². The highest BCUT2D eigenvalue weighted by atomic mass is 32.2. The van der Waals surface area contributed by atoms with E-state index < -0.39 is 0 Å². The fourth-order valence-electron chi connectivity index (χ4n) is 3.11. The van der Waals surface area contributed by atoms with Gasteiger partial charge in [-0.05, 0) is 49.3 Å². The summed E-state index contributed by atoms with van der Waals surface area (Å²) in [5.41, 5.74) is 2.62. The molecule has 0 aliphatic carbocycles. The van der Waals surface area contributed by atoms with Crippen molar-refractivity contribution in [1.82, 2.24) is 0 Å². The Morgan fingerprint density at radius 1 is 1.30 bits per heavy atom. The average Bonchev–Trinajstić information content (AvgIpc) is 2.87. The van der Waals surface area contributed by atoms with Gasteiger partial charge in [0.1, 0.15) is 0 Å². The summed E-state index contributed by atoms with van der Waals surface area (Å²) in [7, 11) is 4.14. The second kappa shape index (κ2) is 5.86. The molecular formula is C16H24N2OS. The molecule has 0 saturated carbocycles. The lowest BCUT2D eigenvalue weighted by atomic mass is 9.90. The molecule has 2 aliphatic heterocycles. The van der Waals surface area contributed by atoms with Gasteiger partial charge in [0.05, 0.1) is 5.60 Å². The zero-order valence-corrected chi connectivity index (χ0v) is 13.2. The van der Waals surface area contributed by atoms with Gasteiger partial charge in [0.15, 0.2) is 0 Å². The number of thioether (sulfide) groups is 1. The largest absolute Gasteiger partial charge is 0.382 e. The van der Waals surface area contributed by atoms with Gasteiger partial charge in [0.25, 0.3) is 0 Å². The summed E-state index contributed by atoms with van der Waals surface area (Å²) >= 11 is 2.03. The van der Waals surface area contributed by atoms with E-state index in [1.54, 1.807) is 0 Å². The molecule has 2 fully saturated rings. The molecule has 0 amide bonds. The van der Waals surface area contributed by atoms with Crippen LogP contribution in [0.1, 0.15) is 19.3 Å². The van der Waals surface area contributed by atoms with Gasteiger partial charge in [0.2, 0.25) is 0 Å². The molecule has 2 unspecified atom stereocenters. The summed E-state index contributed by atoms with van der Waals surface area (Å²) in [5, 5.41) is 3.69. The highest BCUT2D eigenvalue weighted by molar-refractivity contribution is 7.99. The number of anilines is 2. The number of benzene rings is 1. The second-order valence-corrected chi connectivity index (χ2v) is 7.21.